The molecule has 22 heavy (non-hydrogen) atoms. The first-order chi connectivity index (χ1) is 10.6. The van der Waals surface area contributed by atoms with E-state index in [0.717, 1.165) is 30.4 Å². The van der Waals surface area contributed by atoms with Crippen LogP contribution >= 0.6 is 0 Å². The van der Waals surface area contributed by atoms with Crippen LogP contribution in [0.3, 0.4) is 0 Å². The molecule has 0 aromatic carbocycles. The Balaban J connectivity index is 1.65. The fraction of sp³-hybridized carbons (Fsp3) is 0.600. The lowest BCUT2D eigenvalue weighted by Crippen LogP contribution is -2.20. The van der Waals surface area contributed by atoms with E-state index in [1.54, 1.807) is 6.33 Å². The molecule has 118 valence electrons. The van der Waals surface area contributed by atoms with Crippen LogP contribution in [0.4, 0.5) is 11.6 Å². The van der Waals surface area contributed by atoms with Crippen molar-refractivity contribution < 1.29 is 4.52 Å². The monoisotopic (exact) mass is 302 g/mol. The fourth-order valence-electron chi connectivity index (χ4n) is 2.38. The van der Waals surface area contributed by atoms with E-state index in [2.05, 4.69) is 39.3 Å². The van der Waals surface area contributed by atoms with Crippen molar-refractivity contribution in [2.45, 2.75) is 51.6 Å². The zero-order valence-corrected chi connectivity index (χ0v) is 13.3. The van der Waals surface area contributed by atoms with Gasteiger partial charge in [0.15, 0.2) is 5.82 Å². The first-order valence-corrected chi connectivity index (χ1v) is 7.74. The third kappa shape index (κ3) is 3.35. The van der Waals surface area contributed by atoms with Gasteiger partial charge in [-0.1, -0.05) is 11.6 Å². The molecule has 0 aliphatic heterocycles. The van der Waals surface area contributed by atoms with Crippen LogP contribution in [-0.4, -0.2) is 33.2 Å². The second-order valence-corrected chi connectivity index (χ2v) is 6.09. The number of hydrogen-bond donors (Lipinski definition) is 1. The van der Waals surface area contributed by atoms with Crippen LogP contribution in [0.1, 0.15) is 50.7 Å². The second-order valence-electron chi connectivity index (χ2n) is 6.09. The van der Waals surface area contributed by atoms with Crippen molar-refractivity contribution in [1.29, 1.82) is 0 Å². The molecule has 2 aromatic rings. The van der Waals surface area contributed by atoms with Gasteiger partial charge in [-0.3, -0.25) is 0 Å². The van der Waals surface area contributed by atoms with E-state index in [1.165, 1.54) is 6.42 Å². The van der Waals surface area contributed by atoms with Crippen molar-refractivity contribution in [2.24, 2.45) is 0 Å². The number of rotatable bonds is 6. The van der Waals surface area contributed by atoms with Crippen molar-refractivity contribution >= 4 is 11.6 Å². The molecule has 0 atom stereocenters. The molecule has 3 rings (SSSR count). The van der Waals surface area contributed by atoms with Crippen LogP contribution in [-0.2, 0) is 6.54 Å². The van der Waals surface area contributed by atoms with Gasteiger partial charge in [-0.2, -0.15) is 4.98 Å². The average Bonchev–Trinajstić information content (AvgIpc) is 2.84. The Morgan fingerprint density at radius 1 is 1.36 bits per heavy atom. The van der Waals surface area contributed by atoms with E-state index < -0.39 is 0 Å². The SMILES string of the molecule is CC(C)Nc1cc(N(C)Cc2noc(C3CCC3)n2)ncn1. The molecule has 0 saturated heterocycles. The lowest BCUT2D eigenvalue weighted by Gasteiger charge is -2.20. The summed E-state index contributed by atoms with van der Waals surface area (Å²) >= 11 is 0. The number of nitrogens with one attached hydrogen (secondary N) is 1. The predicted octanol–water partition coefficient (Wildman–Crippen LogP) is 2.58. The van der Waals surface area contributed by atoms with Crippen molar-refractivity contribution in [3.8, 4) is 0 Å². The molecule has 2 heterocycles. The van der Waals surface area contributed by atoms with Gasteiger partial charge in [0, 0.05) is 25.1 Å². The molecule has 1 saturated carbocycles. The third-order valence-corrected chi connectivity index (χ3v) is 3.80. The smallest absolute Gasteiger partial charge is 0.229 e. The summed E-state index contributed by atoms with van der Waals surface area (Å²) < 4.78 is 5.35. The standard InChI is InChI=1S/C15H22N6O/c1-10(2)18-12-7-14(17-9-16-12)21(3)8-13-19-15(22-20-13)11-5-4-6-11/h7,9-11H,4-6,8H2,1-3H3,(H,16,17,18). The molecular formula is C15H22N6O. The lowest BCUT2D eigenvalue weighted by molar-refractivity contribution is 0.291. The molecule has 1 fully saturated rings. The quantitative estimate of drug-likeness (QED) is 0.878. The minimum Gasteiger partial charge on any atom is -0.368 e. The highest BCUT2D eigenvalue weighted by molar-refractivity contribution is 5.48. The topological polar surface area (TPSA) is 80.0 Å². The number of anilines is 2. The van der Waals surface area contributed by atoms with Gasteiger partial charge < -0.3 is 14.7 Å². The van der Waals surface area contributed by atoms with Gasteiger partial charge in [-0.05, 0) is 26.7 Å². The molecule has 2 aromatic heterocycles. The highest BCUT2D eigenvalue weighted by Crippen LogP contribution is 2.35. The lowest BCUT2D eigenvalue weighted by atomic mass is 9.85. The summed E-state index contributed by atoms with van der Waals surface area (Å²) in [6.45, 7) is 4.72. The van der Waals surface area contributed by atoms with Crippen LogP contribution in [0.25, 0.3) is 0 Å². The Kier molecular flexibility index (Phi) is 4.22. The summed E-state index contributed by atoms with van der Waals surface area (Å²) in [6.07, 6.45) is 5.14. The van der Waals surface area contributed by atoms with Crippen molar-refractivity contribution in [2.75, 3.05) is 17.3 Å². The Morgan fingerprint density at radius 3 is 2.86 bits per heavy atom. The molecule has 0 amide bonds. The van der Waals surface area contributed by atoms with Crippen LogP contribution < -0.4 is 10.2 Å². The molecule has 0 radical (unpaired) electrons. The molecule has 1 N–H and O–H groups in total. The van der Waals surface area contributed by atoms with Gasteiger partial charge in [0.1, 0.15) is 18.0 Å². The van der Waals surface area contributed by atoms with Crippen LogP contribution in [0.2, 0.25) is 0 Å². The maximum Gasteiger partial charge on any atom is 0.229 e. The van der Waals surface area contributed by atoms with Crippen molar-refractivity contribution in [1.82, 2.24) is 20.1 Å². The summed E-state index contributed by atoms with van der Waals surface area (Å²) in [7, 11) is 1.96. The van der Waals surface area contributed by atoms with Crippen LogP contribution in [0, 0.1) is 0 Å². The maximum absolute atomic E-state index is 5.35. The molecular weight excluding hydrogens is 280 g/mol. The minimum atomic E-state index is 0.329. The fourth-order valence-corrected chi connectivity index (χ4v) is 2.38. The Hall–Kier alpha value is -2.18. The summed E-state index contributed by atoms with van der Waals surface area (Å²) in [5, 5.41) is 7.34. The maximum atomic E-state index is 5.35. The van der Waals surface area contributed by atoms with E-state index in [0.29, 0.717) is 24.3 Å². The van der Waals surface area contributed by atoms with Crippen LogP contribution in [0.5, 0.6) is 0 Å². The number of hydrogen-bond acceptors (Lipinski definition) is 7. The molecule has 7 heteroatoms. The average molecular weight is 302 g/mol. The van der Waals surface area contributed by atoms with Crippen molar-refractivity contribution in [3.63, 3.8) is 0 Å². The van der Waals surface area contributed by atoms with E-state index in [1.807, 2.05) is 18.0 Å². The molecule has 0 bridgehead atoms. The van der Waals surface area contributed by atoms with E-state index >= 15 is 0 Å². The highest BCUT2D eigenvalue weighted by atomic mass is 16.5. The highest BCUT2D eigenvalue weighted by Gasteiger charge is 2.25. The molecule has 1 aliphatic carbocycles. The Bertz CT molecular complexity index is 622. The largest absolute Gasteiger partial charge is 0.368 e. The summed E-state index contributed by atoms with van der Waals surface area (Å²) in [4.78, 5) is 15.0. The summed E-state index contributed by atoms with van der Waals surface area (Å²) in [5.41, 5.74) is 0. The zero-order valence-electron chi connectivity index (χ0n) is 13.3. The number of aromatic nitrogens is 4. The minimum absolute atomic E-state index is 0.329. The van der Waals surface area contributed by atoms with Gasteiger partial charge in [-0.25, -0.2) is 9.97 Å². The van der Waals surface area contributed by atoms with Gasteiger partial charge in [-0.15, -0.1) is 0 Å². The third-order valence-electron chi connectivity index (χ3n) is 3.80. The summed E-state index contributed by atoms with van der Waals surface area (Å²) in [6, 6.07) is 2.25. The van der Waals surface area contributed by atoms with Gasteiger partial charge in [0.05, 0.1) is 6.54 Å². The van der Waals surface area contributed by atoms with Gasteiger partial charge in [0.25, 0.3) is 0 Å². The van der Waals surface area contributed by atoms with Gasteiger partial charge >= 0.3 is 0 Å². The molecule has 1 aliphatic rings. The molecule has 0 unspecified atom stereocenters. The zero-order chi connectivity index (χ0) is 15.5. The first kappa shape index (κ1) is 14.7. The predicted molar refractivity (Wildman–Crippen MR) is 83.8 cm³/mol. The second kappa shape index (κ2) is 6.29. The Morgan fingerprint density at radius 2 is 2.18 bits per heavy atom. The van der Waals surface area contributed by atoms with E-state index in [4.69, 9.17) is 4.52 Å². The number of nitrogens with zero attached hydrogens (tertiary/aromatic N) is 5. The molecule has 7 nitrogen and oxygen atoms in total. The van der Waals surface area contributed by atoms with Gasteiger partial charge in [0.2, 0.25) is 5.89 Å². The van der Waals surface area contributed by atoms with E-state index in [-0.39, 0.29) is 0 Å². The Labute approximate surface area is 130 Å². The van der Waals surface area contributed by atoms with Crippen LogP contribution in [0.15, 0.2) is 16.9 Å². The summed E-state index contributed by atoms with van der Waals surface area (Å²) in [5.74, 6) is 3.58. The normalized spacial score (nSPS) is 14.9. The van der Waals surface area contributed by atoms with E-state index in [9.17, 15) is 0 Å². The van der Waals surface area contributed by atoms with Crippen molar-refractivity contribution in [3.05, 3.63) is 24.1 Å². The first-order valence-electron chi connectivity index (χ1n) is 7.74. The molecule has 0 spiro atoms.